The van der Waals surface area contributed by atoms with Gasteiger partial charge in [-0.05, 0) is 37.7 Å². The summed E-state index contributed by atoms with van der Waals surface area (Å²) in [6, 6.07) is 4.04. The molecule has 0 spiro atoms. The smallest absolute Gasteiger partial charge is 0.220 e. The Morgan fingerprint density at radius 1 is 1.37 bits per heavy atom. The number of aromatic nitrogens is 1. The van der Waals surface area contributed by atoms with E-state index in [-0.39, 0.29) is 11.8 Å². The molecule has 1 aromatic heterocycles. The van der Waals surface area contributed by atoms with Crippen LogP contribution in [0, 0.1) is 11.8 Å². The lowest BCUT2D eigenvalue weighted by atomic mass is 9.96. The van der Waals surface area contributed by atoms with Crippen molar-refractivity contribution in [3.63, 3.8) is 0 Å². The normalized spacial score (nSPS) is 15.9. The number of carbonyl (C=O) groups is 1. The molecule has 150 valence electrons. The Balaban J connectivity index is 1.89. The minimum Gasteiger partial charge on any atom is -0.369 e. The quantitative estimate of drug-likeness (QED) is 0.367. The number of piperidine rings is 1. The van der Waals surface area contributed by atoms with Crippen LogP contribution in [0.5, 0.6) is 0 Å². The number of primary amides is 1. The van der Waals surface area contributed by atoms with Crippen LogP contribution in [0.15, 0.2) is 23.3 Å². The van der Waals surface area contributed by atoms with Crippen LogP contribution in [-0.2, 0) is 11.3 Å². The number of guanidine groups is 1. The van der Waals surface area contributed by atoms with Crippen LogP contribution < -0.4 is 21.3 Å². The van der Waals surface area contributed by atoms with E-state index in [4.69, 9.17) is 5.73 Å². The summed E-state index contributed by atoms with van der Waals surface area (Å²) >= 11 is 0. The number of carbonyl (C=O) groups excluding carboxylic acids is 1. The van der Waals surface area contributed by atoms with Gasteiger partial charge in [-0.3, -0.25) is 9.79 Å². The molecule has 0 bridgehead atoms. The minimum absolute atomic E-state index is 0.0135. The molecule has 0 radical (unpaired) electrons. The lowest BCUT2D eigenvalue weighted by Gasteiger charge is -2.32. The van der Waals surface area contributed by atoms with Crippen molar-refractivity contribution in [2.75, 3.05) is 31.6 Å². The zero-order valence-corrected chi connectivity index (χ0v) is 16.9. The molecule has 27 heavy (non-hydrogen) atoms. The number of hydrogen-bond donors (Lipinski definition) is 3. The van der Waals surface area contributed by atoms with Gasteiger partial charge in [-0.15, -0.1) is 0 Å². The van der Waals surface area contributed by atoms with E-state index in [9.17, 15) is 4.79 Å². The molecule has 1 aliphatic rings. The largest absolute Gasteiger partial charge is 0.369 e. The van der Waals surface area contributed by atoms with E-state index in [1.165, 1.54) is 6.42 Å². The molecule has 1 aromatic rings. The van der Waals surface area contributed by atoms with Crippen LogP contribution in [0.1, 0.15) is 45.1 Å². The molecule has 7 nitrogen and oxygen atoms in total. The fourth-order valence-corrected chi connectivity index (χ4v) is 3.35. The van der Waals surface area contributed by atoms with Crippen LogP contribution in [-0.4, -0.2) is 43.5 Å². The Hall–Kier alpha value is -2.31. The molecule has 7 heteroatoms. The van der Waals surface area contributed by atoms with Gasteiger partial charge in [0.2, 0.25) is 5.91 Å². The number of nitrogens with one attached hydrogen (secondary N) is 2. The fraction of sp³-hybridized carbons (Fsp3) is 0.650. The molecule has 0 aromatic carbocycles. The first-order chi connectivity index (χ1) is 13.0. The number of nitrogens with two attached hydrogens (primary N) is 1. The second kappa shape index (κ2) is 10.7. The van der Waals surface area contributed by atoms with Gasteiger partial charge in [-0.1, -0.05) is 19.9 Å². The van der Waals surface area contributed by atoms with Crippen molar-refractivity contribution in [1.29, 1.82) is 0 Å². The summed E-state index contributed by atoms with van der Waals surface area (Å²) in [6.45, 7) is 7.66. The number of aliphatic imine (C=N–C) groups is 1. The van der Waals surface area contributed by atoms with Crippen LogP contribution in [0.2, 0.25) is 0 Å². The number of rotatable bonds is 8. The third-order valence-corrected chi connectivity index (χ3v) is 4.98. The van der Waals surface area contributed by atoms with Crippen molar-refractivity contribution in [3.8, 4) is 0 Å². The highest BCUT2D eigenvalue weighted by molar-refractivity contribution is 5.79. The molecule has 0 saturated carbocycles. The van der Waals surface area contributed by atoms with E-state index in [0.717, 1.165) is 62.2 Å². The average Bonchev–Trinajstić information content (AvgIpc) is 2.67. The maximum Gasteiger partial charge on any atom is 0.220 e. The van der Waals surface area contributed by atoms with Crippen molar-refractivity contribution in [1.82, 2.24) is 15.6 Å². The summed E-state index contributed by atoms with van der Waals surface area (Å²) in [5.74, 6) is 2.30. The molecule has 2 heterocycles. The monoisotopic (exact) mass is 374 g/mol. The third kappa shape index (κ3) is 6.73. The van der Waals surface area contributed by atoms with Crippen molar-refractivity contribution in [2.24, 2.45) is 22.6 Å². The Morgan fingerprint density at radius 2 is 2.11 bits per heavy atom. The molecule has 1 aliphatic heterocycles. The van der Waals surface area contributed by atoms with E-state index in [1.807, 2.05) is 12.3 Å². The maximum absolute atomic E-state index is 11.4. The summed E-state index contributed by atoms with van der Waals surface area (Å²) < 4.78 is 0. The number of amides is 1. The summed E-state index contributed by atoms with van der Waals surface area (Å²) in [5, 5.41) is 6.74. The van der Waals surface area contributed by atoms with Gasteiger partial charge in [0.05, 0.1) is 0 Å². The van der Waals surface area contributed by atoms with Gasteiger partial charge in [0.25, 0.3) is 0 Å². The van der Waals surface area contributed by atoms with Crippen molar-refractivity contribution < 1.29 is 4.79 Å². The molecule has 0 atom stereocenters. The number of pyridine rings is 1. The molecule has 4 N–H and O–H groups in total. The fourth-order valence-electron chi connectivity index (χ4n) is 3.35. The van der Waals surface area contributed by atoms with E-state index in [0.29, 0.717) is 6.54 Å². The van der Waals surface area contributed by atoms with Crippen molar-refractivity contribution in [2.45, 2.75) is 46.1 Å². The van der Waals surface area contributed by atoms with Crippen molar-refractivity contribution >= 4 is 17.7 Å². The highest BCUT2D eigenvalue weighted by atomic mass is 16.1. The van der Waals surface area contributed by atoms with Gasteiger partial charge in [-0.25, -0.2) is 4.98 Å². The zero-order valence-electron chi connectivity index (χ0n) is 16.9. The average molecular weight is 375 g/mol. The minimum atomic E-state index is -0.190. The Kier molecular flexibility index (Phi) is 8.36. The first-order valence-corrected chi connectivity index (χ1v) is 9.94. The lowest BCUT2D eigenvalue weighted by Crippen LogP contribution is -2.40. The summed E-state index contributed by atoms with van der Waals surface area (Å²) in [5.41, 5.74) is 6.57. The topological polar surface area (TPSA) is 95.6 Å². The second-order valence-corrected chi connectivity index (χ2v) is 7.54. The second-order valence-electron chi connectivity index (χ2n) is 7.54. The molecular formula is C20H34N6O. The molecule has 0 aliphatic carbocycles. The summed E-state index contributed by atoms with van der Waals surface area (Å²) in [7, 11) is 1.79. The Morgan fingerprint density at radius 3 is 2.74 bits per heavy atom. The van der Waals surface area contributed by atoms with Gasteiger partial charge in [0, 0.05) is 50.9 Å². The third-order valence-electron chi connectivity index (χ3n) is 4.98. The Bertz CT molecular complexity index is 623. The van der Waals surface area contributed by atoms with E-state index in [2.05, 4.69) is 45.4 Å². The number of hydrogen-bond acceptors (Lipinski definition) is 4. The highest BCUT2D eigenvalue weighted by Gasteiger charge is 2.24. The molecule has 1 saturated heterocycles. The first-order valence-electron chi connectivity index (χ1n) is 9.94. The van der Waals surface area contributed by atoms with Gasteiger partial charge < -0.3 is 21.3 Å². The first kappa shape index (κ1) is 21.0. The van der Waals surface area contributed by atoms with Gasteiger partial charge in [0.15, 0.2) is 5.96 Å². The SMILES string of the molecule is CN=C(NCCCC(C)C)NCc1cccnc1N1CCC(C(N)=O)CC1. The van der Waals surface area contributed by atoms with Crippen LogP contribution in [0.4, 0.5) is 5.82 Å². The molecule has 1 fully saturated rings. The molecule has 1 amide bonds. The number of anilines is 1. The van der Waals surface area contributed by atoms with E-state index < -0.39 is 0 Å². The standard InChI is InChI=1S/C20H34N6O/c1-15(2)6-4-11-24-20(22-3)25-14-17-7-5-10-23-19(17)26-12-8-16(9-13-26)18(21)27/h5,7,10,15-16H,4,6,8-9,11-14H2,1-3H3,(H2,21,27)(H2,22,24,25). The summed E-state index contributed by atoms with van der Waals surface area (Å²) in [6.07, 6.45) is 5.73. The van der Waals surface area contributed by atoms with E-state index >= 15 is 0 Å². The van der Waals surface area contributed by atoms with E-state index in [1.54, 1.807) is 7.05 Å². The number of nitrogens with zero attached hydrogens (tertiary/aromatic N) is 3. The highest BCUT2D eigenvalue weighted by Crippen LogP contribution is 2.24. The van der Waals surface area contributed by atoms with Gasteiger partial charge in [0.1, 0.15) is 5.82 Å². The molecule has 0 unspecified atom stereocenters. The molecule has 2 rings (SSSR count). The van der Waals surface area contributed by atoms with Crippen LogP contribution in [0.25, 0.3) is 0 Å². The van der Waals surface area contributed by atoms with Crippen molar-refractivity contribution in [3.05, 3.63) is 23.9 Å². The predicted molar refractivity (Wildman–Crippen MR) is 111 cm³/mol. The van der Waals surface area contributed by atoms with Crippen LogP contribution in [0.3, 0.4) is 0 Å². The Labute approximate surface area is 162 Å². The maximum atomic E-state index is 11.4. The predicted octanol–water partition coefficient (Wildman–Crippen LogP) is 1.88. The van der Waals surface area contributed by atoms with Crippen LogP contribution >= 0.6 is 0 Å². The summed E-state index contributed by atoms with van der Waals surface area (Å²) in [4.78, 5) is 22.5. The van der Waals surface area contributed by atoms with Gasteiger partial charge >= 0.3 is 0 Å². The van der Waals surface area contributed by atoms with Gasteiger partial charge in [-0.2, -0.15) is 0 Å². The zero-order chi connectivity index (χ0) is 19.6. The molecular weight excluding hydrogens is 340 g/mol. The lowest BCUT2D eigenvalue weighted by molar-refractivity contribution is -0.122.